The molecule has 19 heavy (non-hydrogen) atoms. The van der Waals surface area contributed by atoms with Crippen LogP contribution in [0.2, 0.25) is 0 Å². The summed E-state index contributed by atoms with van der Waals surface area (Å²) in [6.07, 6.45) is 7.56. The molecule has 104 valence electrons. The summed E-state index contributed by atoms with van der Waals surface area (Å²) >= 11 is 1.92. The lowest BCUT2D eigenvalue weighted by Gasteiger charge is -2.10. The van der Waals surface area contributed by atoms with Crippen LogP contribution in [-0.4, -0.2) is 26.5 Å². The molecule has 0 N–H and O–H groups in total. The van der Waals surface area contributed by atoms with Crippen LogP contribution in [0.3, 0.4) is 0 Å². The highest BCUT2D eigenvalue weighted by Crippen LogP contribution is 2.22. The highest BCUT2D eigenvalue weighted by Gasteiger charge is 2.12. The van der Waals surface area contributed by atoms with Crippen LogP contribution in [0.5, 0.6) is 0 Å². The smallest absolute Gasteiger partial charge is 0.109 e. The second kappa shape index (κ2) is 6.42. The van der Waals surface area contributed by atoms with Gasteiger partial charge in [0.15, 0.2) is 0 Å². The van der Waals surface area contributed by atoms with E-state index < -0.39 is 0 Å². The van der Waals surface area contributed by atoms with Gasteiger partial charge in [-0.05, 0) is 44.3 Å². The van der Waals surface area contributed by atoms with Crippen molar-refractivity contribution < 1.29 is 0 Å². The second-order valence-corrected chi connectivity index (χ2v) is 5.92. The molecule has 0 aliphatic carbocycles. The molecular weight excluding hydrogens is 254 g/mol. The maximum absolute atomic E-state index is 4.73. The standard InChI is InChI=1S/C15H23N3S/c1-5-14-17-13-10-16-12(3)11(2)15(13)18(14)8-6-7-9-19-4/h10H,5-9H2,1-4H3. The lowest BCUT2D eigenvalue weighted by molar-refractivity contribution is 0.621. The highest BCUT2D eigenvalue weighted by atomic mass is 32.2. The first-order valence-corrected chi connectivity index (χ1v) is 8.38. The molecule has 0 saturated heterocycles. The molecule has 2 rings (SSSR count). The highest BCUT2D eigenvalue weighted by molar-refractivity contribution is 7.98. The van der Waals surface area contributed by atoms with E-state index in [9.17, 15) is 0 Å². The Hall–Kier alpha value is -1.03. The summed E-state index contributed by atoms with van der Waals surface area (Å²) in [6, 6.07) is 0. The monoisotopic (exact) mass is 277 g/mol. The Morgan fingerprint density at radius 2 is 2.05 bits per heavy atom. The van der Waals surface area contributed by atoms with E-state index in [1.54, 1.807) is 0 Å². The van der Waals surface area contributed by atoms with Gasteiger partial charge in [-0.15, -0.1) is 0 Å². The van der Waals surface area contributed by atoms with Gasteiger partial charge in [0.2, 0.25) is 0 Å². The minimum Gasteiger partial charge on any atom is -0.328 e. The Morgan fingerprint density at radius 3 is 2.74 bits per heavy atom. The molecule has 0 aliphatic rings. The number of aromatic nitrogens is 3. The quantitative estimate of drug-likeness (QED) is 0.753. The predicted octanol–water partition coefficient (Wildman–Crippen LogP) is 3.75. The molecule has 0 bridgehead atoms. The minimum absolute atomic E-state index is 0.982. The summed E-state index contributed by atoms with van der Waals surface area (Å²) in [5, 5.41) is 0. The van der Waals surface area contributed by atoms with Crippen LogP contribution in [-0.2, 0) is 13.0 Å². The summed E-state index contributed by atoms with van der Waals surface area (Å²) < 4.78 is 2.40. The average Bonchev–Trinajstić information content (AvgIpc) is 2.78. The Bertz CT molecular complexity index is 560. The van der Waals surface area contributed by atoms with Crippen molar-refractivity contribution in [2.45, 2.75) is 46.6 Å². The van der Waals surface area contributed by atoms with Gasteiger partial charge in [0.05, 0.1) is 11.7 Å². The lowest BCUT2D eigenvalue weighted by Crippen LogP contribution is -2.05. The topological polar surface area (TPSA) is 30.7 Å². The number of fused-ring (bicyclic) bond motifs is 1. The van der Waals surface area contributed by atoms with E-state index in [-0.39, 0.29) is 0 Å². The fourth-order valence-electron chi connectivity index (χ4n) is 2.46. The van der Waals surface area contributed by atoms with Gasteiger partial charge in [0, 0.05) is 18.7 Å². The first-order valence-electron chi connectivity index (χ1n) is 6.99. The lowest BCUT2D eigenvalue weighted by atomic mass is 10.2. The molecule has 4 heteroatoms. The summed E-state index contributed by atoms with van der Waals surface area (Å²) in [6.45, 7) is 7.48. The summed E-state index contributed by atoms with van der Waals surface area (Å²) in [5.74, 6) is 2.43. The van der Waals surface area contributed by atoms with E-state index >= 15 is 0 Å². The van der Waals surface area contributed by atoms with Crippen LogP contribution in [0.1, 0.15) is 36.8 Å². The van der Waals surface area contributed by atoms with E-state index in [0.717, 1.165) is 24.2 Å². The number of hydrogen-bond donors (Lipinski definition) is 0. The number of rotatable bonds is 6. The van der Waals surface area contributed by atoms with Gasteiger partial charge in [0.1, 0.15) is 11.3 Å². The van der Waals surface area contributed by atoms with Gasteiger partial charge >= 0.3 is 0 Å². The fourth-order valence-corrected chi connectivity index (χ4v) is 2.95. The van der Waals surface area contributed by atoms with Crippen LogP contribution >= 0.6 is 11.8 Å². The van der Waals surface area contributed by atoms with Gasteiger partial charge in [-0.3, -0.25) is 4.98 Å². The largest absolute Gasteiger partial charge is 0.328 e. The zero-order valence-corrected chi connectivity index (χ0v) is 13.2. The van der Waals surface area contributed by atoms with E-state index in [1.165, 1.54) is 35.5 Å². The minimum atomic E-state index is 0.982. The predicted molar refractivity (Wildman–Crippen MR) is 84.0 cm³/mol. The zero-order valence-electron chi connectivity index (χ0n) is 12.4. The molecular formula is C15H23N3S. The first kappa shape index (κ1) is 14.4. The average molecular weight is 277 g/mol. The molecule has 0 atom stereocenters. The number of aryl methyl sites for hydroxylation is 4. The molecule has 0 fully saturated rings. The normalized spacial score (nSPS) is 11.4. The molecule has 2 aromatic rings. The number of unbranched alkanes of at least 4 members (excludes halogenated alkanes) is 1. The van der Waals surface area contributed by atoms with E-state index in [0.29, 0.717) is 0 Å². The maximum Gasteiger partial charge on any atom is 0.109 e. The first-order chi connectivity index (χ1) is 9.19. The Kier molecular flexibility index (Phi) is 4.86. The zero-order chi connectivity index (χ0) is 13.8. The van der Waals surface area contributed by atoms with E-state index in [1.807, 2.05) is 18.0 Å². The summed E-state index contributed by atoms with van der Waals surface area (Å²) in [7, 11) is 0. The second-order valence-electron chi connectivity index (χ2n) is 4.94. The number of thioether (sulfide) groups is 1. The van der Waals surface area contributed by atoms with Crippen molar-refractivity contribution in [3.8, 4) is 0 Å². The van der Waals surface area contributed by atoms with Crippen molar-refractivity contribution >= 4 is 22.8 Å². The van der Waals surface area contributed by atoms with E-state index in [2.05, 4.69) is 36.6 Å². The molecule has 2 heterocycles. The molecule has 0 saturated carbocycles. The van der Waals surface area contributed by atoms with Crippen molar-refractivity contribution in [3.05, 3.63) is 23.3 Å². The van der Waals surface area contributed by atoms with Crippen molar-refractivity contribution in [3.63, 3.8) is 0 Å². The van der Waals surface area contributed by atoms with Crippen molar-refractivity contribution in [2.24, 2.45) is 0 Å². The Labute approximate surface area is 119 Å². The molecule has 0 spiro atoms. The SMILES string of the molecule is CCc1nc2cnc(C)c(C)c2n1CCCCSC. The number of nitrogens with zero attached hydrogens (tertiary/aromatic N) is 3. The number of hydrogen-bond acceptors (Lipinski definition) is 3. The van der Waals surface area contributed by atoms with Crippen molar-refractivity contribution in [2.75, 3.05) is 12.0 Å². The maximum atomic E-state index is 4.73. The van der Waals surface area contributed by atoms with Gasteiger partial charge in [-0.1, -0.05) is 6.92 Å². The van der Waals surface area contributed by atoms with Crippen molar-refractivity contribution in [1.82, 2.24) is 14.5 Å². The molecule has 2 aromatic heterocycles. The fraction of sp³-hybridized carbons (Fsp3) is 0.600. The summed E-state index contributed by atoms with van der Waals surface area (Å²) in [4.78, 5) is 9.15. The molecule has 0 radical (unpaired) electrons. The molecule has 0 aliphatic heterocycles. The number of imidazole rings is 1. The van der Waals surface area contributed by atoms with Crippen LogP contribution in [0.15, 0.2) is 6.20 Å². The third kappa shape index (κ3) is 2.94. The third-order valence-electron chi connectivity index (χ3n) is 3.65. The van der Waals surface area contributed by atoms with Gasteiger partial charge < -0.3 is 4.57 Å². The third-order valence-corrected chi connectivity index (χ3v) is 4.35. The van der Waals surface area contributed by atoms with E-state index in [4.69, 9.17) is 4.98 Å². The van der Waals surface area contributed by atoms with Crippen LogP contribution < -0.4 is 0 Å². The molecule has 0 aromatic carbocycles. The Balaban J connectivity index is 2.36. The van der Waals surface area contributed by atoms with Crippen LogP contribution in [0.4, 0.5) is 0 Å². The summed E-state index contributed by atoms with van der Waals surface area (Å²) in [5.41, 5.74) is 4.72. The van der Waals surface area contributed by atoms with Crippen molar-refractivity contribution in [1.29, 1.82) is 0 Å². The number of pyridine rings is 1. The van der Waals surface area contributed by atoms with Gasteiger partial charge in [-0.2, -0.15) is 11.8 Å². The van der Waals surface area contributed by atoms with Gasteiger partial charge in [0.25, 0.3) is 0 Å². The van der Waals surface area contributed by atoms with Crippen LogP contribution in [0.25, 0.3) is 11.0 Å². The molecule has 3 nitrogen and oxygen atoms in total. The van der Waals surface area contributed by atoms with Crippen LogP contribution in [0, 0.1) is 13.8 Å². The van der Waals surface area contributed by atoms with Gasteiger partial charge in [-0.25, -0.2) is 4.98 Å². The molecule has 0 amide bonds. The molecule has 0 unspecified atom stereocenters. The Morgan fingerprint density at radius 1 is 1.26 bits per heavy atom.